The van der Waals surface area contributed by atoms with E-state index in [2.05, 4.69) is 26.9 Å². The highest BCUT2D eigenvalue weighted by molar-refractivity contribution is 5.79. The number of benzene rings is 1. The van der Waals surface area contributed by atoms with Crippen molar-refractivity contribution >= 4 is 17.4 Å². The summed E-state index contributed by atoms with van der Waals surface area (Å²) in [4.78, 5) is 17.2. The molecule has 2 aliphatic heterocycles. The molecule has 162 valence electrons. The molecule has 0 bridgehead atoms. The first kappa shape index (κ1) is 19.9. The third-order valence-electron chi connectivity index (χ3n) is 6.63. The van der Waals surface area contributed by atoms with Gasteiger partial charge in [-0.1, -0.05) is 19.1 Å². The summed E-state index contributed by atoms with van der Waals surface area (Å²) >= 11 is 0. The molecule has 0 aliphatic carbocycles. The first-order chi connectivity index (χ1) is 15.1. The van der Waals surface area contributed by atoms with Crippen molar-refractivity contribution in [3.05, 3.63) is 42.2 Å². The van der Waals surface area contributed by atoms with E-state index in [0.717, 1.165) is 63.6 Å². The van der Waals surface area contributed by atoms with Gasteiger partial charge >= 0.3 is 0 Å². The standard InChI is InChI=1S/C23H27FN6O/c1-16-8-12-29(13-9-16)23(31)17-10-14-28(15-11-17)21-7-6-20-25-26-22(30(20)27-21)18-4-2-3-5-19(18)24/h2-7,16-17H,8-15H2,1H3. The SMILES string of the molecule is CC1CCN(C(=O)C2CCN(c3ccc4nnc(-c5ccccc5F)n4n3)CC2)CC1. The summed E-state index contributed by atoms with van der Waals surface area (Å²) in [6.07, 6.45) is 3.87. The van der Waals surface area contributed by atoms with Crippen LogP contribution in [0.25, 0.3) is 17.0 Å². The number of hydrogen-bond acceptors (Lipinski definition) is 5. The molecule has 31 heavy (non-hydrogen) atoms. The van der Waals surface area contributed by atoms with Gasteiger partial charge in [-0.25, -0.2) is 4.39 Å². The van der Waals surface area contributed by atoms with Crippen molar-refractivity contribution < 1.29 is 9.18 Å². The van der Waals surface area contributed by atoms with Gasteiger partial charge in [0, 0.05) is 32.1 Å². The molecular weight excluding hydrogens is 395 g/mol. The van der Waals surface area contributed by atoms with E-state index in [4.69, 9.17) is 5.10 Å². The van der Waals surface area contributed by atoms with Gasteiger partial charge in [-0.2, -0.15) is 4.52 Å². The van der Waals surface area contributed by atoms with Gasteiger partial charge in [0.05, 0.1) is 5.56 Å². The van der Waals surface area contributed by atoms with E-state index in [1.165, 1.54) is 6.07 Å². The molecule has 2 saturated heterocycles. The largest absolute Gasteiger partial charge is 0.355 e. The Hall–Kier alpha value is -3.03. The smallest absolute Gasteiger partial charge is 0.225 e. The number of rotatable bonds is 3. The lowest BCUT2D eigenvalue weighted by atomic mass is 9.92. The van der Waals surface area contributed by atoms with Crippen LogP contribution in [0.15, 0.2) is 36.4 Å². The zero-order valence-electron chi connectivity index (χ0n) is 17.7. The number of carbonyl (C=O) groups excluding carboxylic acids is 1. The number of amides is 1. The predicted octanol–water partition coefficient (Wildman–Crippen LogP) is 3.41. The molecule has 0 unspecified atom stereocenters. The summed E-state index contributed by atoms with van der Waals surface area (Å²) in [6.45, 7) is 5.60. The van der Waals surface area contributed by atoms with E-state index in [1.807, 2.05) is 12.1 Å². The zero-order chi connectivity index (χ0) is 21.4. The van der Waals surface area contributed by atoms with Gasteiger partial charge in [0.1, 0.15) is 11.6 Å². The lowest BCUT2D eigenvalue weighted by Gasteiger charge is -2.37. The average Bonchev–Trinajstić information content (AvgIpc) is 3.23. The monoisotopic (exact) mass is 422 g/mol. The summed E-state index contributed by atoms with van der Waals surface area (Å²) in [6, 6.07) is 10.3. The molecule has 2 aromatic heterocycles. The van der Waals surface area contributed by atoms with Gasteiger partial charge < -0.3 is 9.80 Å². The Kier molecular flexibility index (Phi) is 5.29. The molecule has 1 amide bonds. The van der Waals surface area contributed by atoms with Crippen molar-refractivity contribution in [1.29, 1.82) is 0 Å². The van der Waals surface area contributed by atoms with E-state index in [0.29, 0.717) is 22.9 Å². The minimum Gasteiger partial charge on any atom is -0.355 e. The number of carbonyl (C=O) groups is 1. The summed E-state index contributed by atoms with van der Waals surface area (Å²) < 4.78 is 15.9. The van der Waals surface area contributed by atoms with Crippen molar-refractivity contribution in [3.63, 3.8) is 0 Å². The fourth-order valence-electron chi connectivity index (χ4n) is 4.60. The van der Waals surface area contributed by atoms with Crippen LogP contribution >= 0.6 is 0 Å². The molecule has 0 N–H and O–H groups in total. The summed E-state index contributed by atoms with van der Waals surface area (Å²) in [5.74, 6) is 1.96. The van der Waals surface area contributed by atoms with Crippen LogP contribution in [0.2, 0.25) is 0 Å². The van der Waals surface area contributed by atoms with E-state index < -0.39 is 0 Å². The second-order valence-electron chi connectivity index (χ2n) is 8.73. The average molecular weight is 423 g/mol. The highest BCUT2D eigenvalue weighted by Crippen LogP contribution is 2.27. The third kappa shape index (κ3) is 3.86. The van der Waals surface area contributed by atoms with Crippen LogP contribution in [0.4, 0.5) is 10.2 Å². The molecule has 4 heterocycles. The molecule has 2 fully saturated rings. The number of anilines is 1. The number of aromatic nitrogens is 4. The number of hydrogen-bond donors (Lipinski definition) is 0. The Morgan fingerprint density at radius 3 is 2.45 bits per heavy atom. The van der Waals surface area contributed by atoms with Crippen molar-refractivity contribution in [2.45, 2.75) is 32.6 Å². The molecule has 0 spiro atoms. The fourth-order valence-corrected chi connectivity index (χ4v) is 4.60. The normalized spacial score (nSPS) is 18.6. The number of likely N-dealkylation sites (tertiary alicyclic amines) is 1. The Morgan fingerprint density at radius 2 is 1.71 bits per heavy atom. The number of piperidine rings is 2. The molecule has 1 aromatic carbocycles. The van der Waals surface area contributed by atoms with Crippen LogP contribution in [0.3, 0.4) is 0 Å². The molecular formula is C23H27FN6O. The first-order valence-electron chi connectivity index (χ1n) is 11.1. The van der Waals surface area contributed by atoms with Gasteiger partial charge in [-0.05, 0) is 55.9 Å². The molecule has 5 rings (SSSR count). The molecule has 8 heteroatoms. The van der Waals surface area contributed by atoms with Crippen molar-refractivity contribution in [1.82, 2.24) is 24.7 Å². The van der Waals surface area contributed by atoms with Crippen LogP contribution in [0, 0.1) is 17.7 Å². The van der Waals surface area contributed by atoms with Crippen LogP contribution in [0.1, 0.15) is 32.6 Å². The molecule has 0 radical (unpaired) electrons. The highest BCUT2D eigenvalue weighted by Gasteiger charge is 2.30. The topological polar surface area (TPSA) is 66.6 Å². The summed E-state index contributed by atoms with van der Waals surface area (Å²) in [5, 5.41) is 13.0. The number of fused-ring (bicyclic) bond motifs is 1. The van der Waals surface area contributed by atoms with Crippen molar-refractivity contribution in [3.8, 4) is 11.4 Å². The van der Waals surface area contributed by atoms with Crippen molar-refractivity contribution in [2.75, 3.05) is 31.1 Å². The van der Waals surface area contributed by atoms with Crippen LogP contribution in [-0.4, -0.2) is 56.8 Å². The minimum atomic E-state index is -0.351. The van der Waals surface area contributed by atoms with Crippen LogP contribution in [-0.2, 0) is 4.79 Å². The maximum Gasteiger partial charge on any atom is 0.225 e. The Balaban J connectivity index is 1.30. The molecule has 3 aromatic rings. The Bertz CT molecular complexity index is 1080. The minimum absolute atomic E-state index is 0.0947. The van der Waals surface area contributed by atoms with E-state index in [1.54, 1.807) is 22.7 Å². The third-order valence-corrected chi connectivity index (χ3v) is 6.63. The number of halogens is 1. The second-order valence-corrected chi connectivity index (χ2v) is 8.73. The van der Waals surface area contributed by atoms with Crippen LogP contribution in [0.5, 0.6) is 0 Å². The van der Waals surface area contributed by atoms with E-state index in [-0.39, 0.29) is 11.7 Å². The molecule has 2 aliphatic rings. The van der Waals surface area contributed by atoms with Gasteiger partial charge in [-0.15, -0.1) is 15.3 Å². The Labute approximate surface area is 180 Å². The van der Waals surface area contributed by atoms with Gasteiger partial charge in [0.2, 0.25) is 5.91 Å². The molecule has 7 nitrogen and oxygen atoms in total. The van der Waals surface area contributed by atoms with Gasteiger partial charge in [0.25, 0.3) is 0 Å². The summed E-state index contributed by atoms with van der Waals surface area (Å²) in [5.41, 5.74) is 0.950. The fraction of sp³-hybridized carbons (Fsp3) is 0.478. The maximum absolute atomic E-state index is 14.3. The van der Waals surface area contributed by atoms with Gasteiger partial charge in [-0.3, -0.25) is 4.79 Å². The first-order valence-corrected chi connectivity index (χ1v) is 11.1. The molecule has 0 atom stereocenters. The lowest BCUT2D eigenvalue weighted by Crippen LogP contribution is -2.45. The maximum atomic E-state index is 14.3. The molecule has 0 saturated carbocycles. The van der Waals surface area contributed by atoms with E-state index >= 15 is 0 Å². The lowest BCUT2D eigenvalue weighted by molar-refractivity contribution is -0.137. The number of nitrogens with zero attached hydrogens (tertiary/aromatic N) is 6. The van der Waals surface area contributed by atoms with Crippen LogP contribution < -0.4 is 4.90 Å². The summed E-state index contributed by atoms with van der Waals surface area (Å²) in [7, 11) is 0. The highest BCUT2D eigenvalue weighted by atomic mass is 19.1. The zero-order valence-corrected chi connectivity index (χ0v) is 17.7. The quantitative estimate of drug-likeness (QED) is 0.647. The van der Waals surface area contributed by atoms with Crippen molar-refractivity contribution in [2.24, 2.45) is 11.8 Å². The Morgan fingerprint density at radius 1 is 0.968 bits per heavy atom. The van der Waals surface area contributed by atoms with E-state index in [9.17, 15) is 9.18 Å². The predicted molar refractivity (Wildman–Crippen MR) is 116 cm³/mol. The van der Waals surface area contributed by atoms with Gasteiger partial charge in [0.15, 0.2) is 11.5 Å². The second kappa shape index (κ2) is 8.24.